The lowest BCUT2D eigenvalue weighted by atomic mass is 10.1. The van der Waals surface area contributed by atoms with Crippen molar-refractivity contribution in [2.75, 3.05) is 25.1 Å². The largest absolute Gasteiger partial charge is 0.497 e. The number of ether oxygens (including phenoxy) is 1. The molecule has 0 fully saturated rings. The molecule has 132 valence electrons. The van der Waals surface area contributed by atoms with Gasteiger partial charge in [-0.3, -0.25) is 9.59 Å². The van der Waals surface area contributed by atoms with Crippen molar-refractivity contribution in [1.82, 2.24) is 5.32 Å². The summed E-state index contributed by atoms with van der Waals surface area (Å²) in [4.78, 5) is 25.4. The summed E-state index contributed by atoms with van der Waals surface area (Å²) >= 11 is 5.86. The number of rotatable bonds is 7. The molecule has 0 aliphatic rings. The van der Waals surface area contributed by atoms with E-state index in [-0.39, 0.29) is 18.4 Å². The van der Waals surface area contributed by atoms with E-state index in [1.807, 2.05) is 24.3 Å². The van der Waals surface area contributed by atoms with Gasteiger partial charge >= 0.3 is 0 Å². The number of hydrogen-bond acceptors (Lipinski definition) is 3. The first-order chi connectivity index (χ1) is 12.0. The number of anilines is 1. The first-order valence-corrected chi connectivity index (χ1v) is 8.30. The van der Waals surface area contributed by atoms with Crippen LogP contribution in [0.4, 0.5) is 5.69 Å². The summed E-state index contributed by atoms with van der Waals surface area (Å²) in [6.07, 6.45) is 0.684. The average molecular weight is 361 g/mol. The van der Waals surface area contributed by atoms with Gasteiger partial charge < -0.3 is 15.0 Å². The summed E-state index contributed by atoms with van der Waals surface area (Å²) in [7, 11) is 1.62. The molecule has 25 heavy (non-hydrogen) atoms. The van der Waals surface area contributed by atoms with Crippen molar-refractivity contribution in [3.63, 3.8) is 0 Å². The highest BCUT2D eigenvalue weighted by Gasteiger charge is 2.15. The van der Waals surface area contributed by atoms with Gasteiger partial charge in [-0.05, 0) is 48.4 Å². The number of benzene rings is 2. The number of amides is 2. The van der Waals surface area contributed by atoms with Crippen LogP contribution in [0.15, 0.2) is 48.5 Å². The Hall–Kier alpha value is -2.53. The first-order valence-electron chi connectivity index (χ1n) is 7.93. The minimum absolute atomic E-state index is 0.0327. The predicted octanol–water partition coefficient (Wildman–Crippen LogP) is 3.06. The number of nitrogens with zero attached hydrogens (tertiary/aromatic N) is 1. The molecule has 2 rings (SSSR count). The molecule has 2 aromatic carbocycles. The zero-order valence-corrected chi connectivity index (χ0v) is 15.0. The number of methoxy groups -OCH3 is 1. The van der Waals surface area contributed by atoms with Crippen LogP contribution in [0.5, 0.6) is 5.75 Å². The molecular weight excluding hydrogens is 340 g/mol. The Labute approximate surface area is 152 Å². The minimum Gasteiger partial charge on any atom is -0.497 e. The van der Waals surface area contributed by atoms with Gasteiger partial charge in [0.15, 0.2) is 0 Å². The van der Waals surface area contributed by atoms with E-state index in [1.165, 1.54) is 11.8 Å². The van der Waals surface area contributed by atoms with Crippen LogP contribution in [-0.4, -0.2) is 32.0 Å². The van der Waals surface area contributed by atoms with Crippen LogP contribution in [0.25, 0.3) is 0 Å². The highest BCUT2D eigenvalue weighted by Crippen LogP contribution is 2.18. The molecule has 0 saturated carbocycles. The zero-order chi connectivity index (χ0) is 18.2. The molecule has 1 N–H and O–H groups in total. The third-order valence-corrected chi connectivity index (χ3v) is 3.94. The Bertz CT molecular complexity index is 732. The average Bonchev–Trinajstić information content (AvgIpc) is 2.60. The zero-order valence-electron chi connectivity index (χ0n) is 14.3. The summed E-state index contributed by atoms with van der Waals surface area (Å²) in [5.41, 5.74) is 1.71. The molecule has 5 nitrogen and oxygen atoms in total. The summed E-state index contributed by atoms with van der Waals surface area (Å²) in [6.45, 7) is 1.88. The monoisotopic (exact) mass is 360 g/mol. The molecule has 0 aliphatic carbocycles. The van der Waals surface area contributed by atoms with E-state index in [1.54, 1.807) is 31.4 Å². The van der Waals surface area contributed by atoms with Gasteiger partial charge in [-0.25, -0.2) is 0 Å². The SMILES string of the molecule is COc1cccc(CCNC(=O)CN(C(C)=O)c2ccc(Cl)cc2)c1. The fourth-order valence-electron chi connectivity index (χ4n) is 2.38. The van der Waals surface area contributed by atoms with Crippen LogP contribution in [0.3, 0.4) is 0 Å². The van der Waals surface area contributed by atoms with Crippen molar-refractivity contribution >= 4 is 29.1 Å². The van der Waals surface area contributed by atoms with Crippen molar-refractivity contribution < 1.29 is 14.3 Å². The molecule has 6 heteroatoms. The maximum Gasteiger partial charge on any atom is 0.240 e. The molecule has 0 radical (unpaired) electrons. The van der Waals surface area contributed by atoms with Crippen LogP contribution < -0.4 is 15.0 Å². The number of halogens is 1. The lowest BCUT2D eigenvalue weighted by Crippen LogP contribution is -2.40. The third kappa shape index (κ3) is 5.80. The second-order valence-electron chi connectivity index (χ2n) is 5.53. The van der Waals surface area contributed by atoms with Crippen LogP contribution in [0, 0.1) is 0 Å². The maximum absolute atomic E-state index is 12.2. The van der Waals surface area contributed by atoms with Gasteiger partial charge in [-0.1, -0.05) is 23.7 Å². The summed E-state index contributed by atoms with van der Waals surface area (Å²) in [5.74, 6) is 0.368. The van der Waals surface area contributed by atoms with E-state index in [9.17, 15) is 9.59 Å². The van der Waals surface area contributed by atoms with Gasteiger partial charge in [0.1, 0.15) is 12.3 Å². The van der Waals surface area contributed by atoms with Crippen LogP contribution >= 0.6 is 11.6 Å². The minimum atomic E-state index is -0.215. The van der Waals surface area contributed by atoms with Gasteiger partial charge in [-0.15, -0.1) is 0 Å². The maximum atomic E-state index is 12.2. The molecule has 0 spiro atoms. The molecule has 2 amide bonds. The van der Waals surface area contributed by atoms with E-state index in [4.69, 9.17) is 16.3 Å². The number of carbonyl (C=O) groups excluding carboxylic acids is 2. The van der Waals surface area contributed by atoms with Gasteiger partial charge in [0.25, 0.3) is 0 Å². The highest BCUT2D eigenvalue weighted by molar-refractivity contribution is 6.30. The van der Waals surface area contributed by atoms with E-state index in [0.717, 1.165) is 11.3 Å². The molecule has 0 aliphatic heterocycles. The summed E-state index contributed by atoms with van der Waals surface area (Å²) < 4.78 is 5.18. The smallest absolute Gasteiger partial charge is 0.240 e. The second kappa shape index (κ2) is 9.08. The van der Waals surface area contributed by atoms with Gasteiger partial charge in [0, 0.05) is 24.2 Å². The quantitative estimate of drug-likeness (QED) is 0.825. The molecule has 0 saturated heterocycles. The van der Waals surface area contributed by atoms with Crippen molar-refractivity contribution in [3.05, 3.63) is 59.1 Å². The Balaban J connectivity index is 1.88. The van der Waals surface area contributed by atoms with Crippen LogP contribution in [0.1, 0.15) is 12.5 Å². The number of carbonyl (C=O) groups is 2. The van der Waals surface area contributed by atoms with Crippen molar-refractivity contribution in [3.8, 4) is 5.75 Å². The molecule has 0 heterocycles. The lowest BCUT2D eigenvalue weighted by molar-refractivity contribution is -0.123. The second-order valence-corrected chi connectivity index (χ2v) is 5.97. The normalized spacial score (nSPS) is 10.2. The Kier molecular flexibility index (Phi) is 6.83. The summed E-state index contributed by atoms with van der Waals surface area (Å²) in [6, 6.07) is 14.5. The third-order valence-electron chi connectivity index (χ3n) is 3.69. The molecule has 0 aromatic heterocycles. The molecule has 0 atom stereocenters. The molecule has 0 unspecified atom stereocenters. The highest BCUT2D eigenvalue weighted by atomic mass is 35.5. The van der Waals surface area contributed by atoms with Crippen molar-refractivity contribution in [1.29, 1.82) is 0 Å². The Morgan fingerprint density at radius 2 is 1.88 bits per heavy atom. The number of hydrogen-bond donors (Lipinski definition) is 1. The van der Waals surface area contributed by atoms with E-state index in [2.05, 4.69) is 5.32 Å². The van der Waals surface area contributed by atoms with E-state index in [0.29, 0.717) is 23.7 Å². The van der Waals surface area contributed by atoms with Crippen LogP contribution in [0.2, 0.25) is 5.02 Å². The van der Waals surface area contributed by atoms with Crippen molar-refractivity contribution in [2.45, 2.75) is 13.3 Å². The van der Waals surface area contributed by atoms with Crippen LogP contribution in [-0.2, 0) is 16.0 Å². The van der Waals surface area contributed by atoms with Gasteiger partial charge in [-0.2, -0.15) is 0 Å². The van der Waals surface area contributed by atoms with Gasteiger partial charge in [0.2, 0.25) is 11.8 Å². The van der Waals surface area contributed by atoms with Crippen molar-refractivity contribution in [2.24, 2.45) is 0 Å². The van der Waals surface area contributed by atoms with E-state index < -0.39 is 0 Å². The predicted molar refractivity (Wildman–Crippen MR) is 99.2 cm³/mol. The topological polar surface area (TPSA) is 58.6 Å². The van der Waals surface area contributed by atoms with E-state index >= 15 is 0 Å². The van der Waals surface area contributed by atoms with Gasteiger partial charge in [0.05, 0.1) is 7.11 Å². The fraction of sp³-hybridized carbons (Fsp3) is 0.263. The first kappa shape index (κ1) is 18.8. The Morgan fingerprint density at radius 1 is 1.16 bits per heavy atom. The molecule has 2 aromatic rings. The summed E-state index contributed by atoms with van der Waals surface area (Å²) in [5, 5.41) is 3.41. The fourth-order valence-corrected chi connectivity index (χ4v) is 2.51. The molecule has 0 bridgehead atoms. The standard InChI is InChI=1S/C19H21ClN2O3/c1-14(23)22(17-8-6-16(20)7-9-17)13-19(24)21-11-10-15-4-3-5-18(12-15)25-2/h3-9,12H,10-11,13H2,1-2H3,(H,21,24). The number of nitrogens with one attached hydrogen (secondary N) is 1. The molecular formula is C19H21ClN2O3. The Morgan fingerprint density at radius 3 is 2.52 bits per heavy atom. The lowest BCUT2D eigenvalue weighted by Gasteiger charge is -2.20.